The summed E-state index contributed by atoms with van der Waals surface area (Å²) >= 11 is 0. The molecule has 0 aromatic heterocycles. The molecule has 16 heavy (non-hydrogen) atoms. The van der Waals surface area contributed by atoms with E-state index in [2.05, 4.69) is 6.92 Å². The van der Waals surface area contributed by atoms with Gasteiger partial charge in [-0.1, -0.05) is 26.2 Å². The molecule has 3 nitrogen and oxygen atoms in total. The molecule has 1 saturated heterocycles. The van der Waals surface area contributed by atoms with Crippen molar-refractivity contribution in [1.82, 2.24) is 4.90 Å². The minimum atomic E-state index is 0.173. The molecule has 1 atom stereocenters. The summed E-state index contributed by atoms with van der Waals surface area (Å²) in [6.45, 7) is 4.66. The van der Waals surface area contributed by atoms with Crippen LogP contribution in [0.4, 0.5) is 0 Å². The van der Waals surface area contributed by atoms with Crippen LogP contribution in [-0.4, -0.2) is 30.4 Å². The number of nitrogens with zero attached hydrogens (tertiary/aromatic N) is 1. The standard InChI is InChI=1S/C13H24N2O/c1-13(9-14)7-8-15(10-13)12(16)6-5-11-3-2-4-11/h11H,2-10,14H2,1H3. The second kappa shape index (κ2) is 4.74. The molecule has 1 aliphatic heterocycles. The van der Waals surface area contributed by atoms with Crippen LogP contribution < -0.4 is 5.73 Å². The Kier molecular flexibility index (Phi) is 3.53. The summed E-state index contributed by atoms with van der Waals surface area (Å²) in [5.74, 6) is 1.19. The number of hydrogen-bond acceptors (Lipinski definition) is 2. The predicted octanol–water partition coefficient (Wildman–Crippen LogP) is 1.76. The van der Waals surface area contributed by atoms with Gasteiger partial charge in [0, 0.05) is 19.5 Å². The topological polar surface area (TPSA) is 46.3 Å². The first-order valence-electron chi connectivity index (χ1n) is 6.61. The highest BCUT2D eigenvalue weighted by Gasteiger charge is 2.34. The number of rotatable bonds is 4. The number of carbonyl (C=O) groups is 1. The molecular formula is C13H24N2O. The van der Waals surface area contributed by atoms with Gasteiger partial charge in [-0.2, -0.15) is 0 Å². The van der Waals surface area contributed by atoms with Gasteiger partial charge < -0.3 is 10.6 Å². The van der Waals surface area contributed by atoms with Crippen LogP contribution in [0.1, 0.15) is 45.4 Å². The molecule has 1 aliphatic carbocycles. The van der Waals surface area contributed by atoms with Gasteiger partial charge in [0.15, 0.2) is 0 Å². The van der Waals surface area contributed by atoms with Crippen molar-refractivity contribution >= 4 is 5.91 Å². The Balaban J connectivity index is 1.73. The molecular weight excluding hydrogens is 200 g/mol. The molecule has 1 unspecified atom stereocenters. The van der Waals surface area contributed by atoms with Crippen LogP contribution in [0.25, 0.3) is 0 Å². The van der Waals surface area contributed by atoms with Gasteiger partial charge in [-0.3, -0.25) is 4.79 Å². The van der Waals surface area contributed by atoms with Gasteiger partial charge in [0.25, 0.3) is 0 Å². The highest BCUT2D eigenvalue weighted by molar-refractivity contribution is 5.76. The van der Waals surface area contributed by atoms with Crippen molar-refractivity contribution in [3.63, 3.8) is 0 Å². The predicted molar refractivity (Wildman–Crippen MR) is 64.9 cm³/mol. The lowest BCUT2D eigenvalue weighted by atomic mass is 9.82. The number of hydrogen-bond donors (Lipinski definition) is 1. The maximum Gasteiger partial charge on any atom is 0.222 e. The van der Waals surface area contributed by atoms with Gasteiger partial charge >= 0.3 is 0 Å². The fraction of sp³-hybridized carbons (Fsp3) is 0.923. The van der Waals surface area contributed by atoms with E-state index in [-0.39, 0.29) is 5.41 Å². The molecule has 0 bridgehead atoms. The molecule has 2 N–H and O–H groups in total. The summed E-state index contributed by atoms with van der Waals surface area (Å²) in [7, 11) is 0. The molecule has 0 spiro atoms. The first-order valence-corrected chi connectivity index (χ1v) is 6.61. The van der Waals surface area contributed by atoms with E-state index in [1.807, 2.05) is 4.90 Å². The summed E-state index contributed by atoms with van der Waals surface area (Å²) < 4.78 is 0. The minimum absolute atomic E-state index is 0.173. The largest absolute Gasteiger partial charge is 0.342 e. The van der Waals surface area contributed by atoms with Crippen LogP contribution >= 0.6 is 0 Å². The molecule has 0 aromatic rings. The van der Waals surface area contributed by atoms with E-state index < -0.39 is 0 Å². The van der Waals surface area contributed by atoms with Crippen molar-refractivity contribution in [2.75, 3.05) is 19.6 Å². The number of nitrogens with two attached hydrogens (primary N) is 1. The van der Waals surface area contributed by atoms with Gasteiger partial charge in [-0.25, -0.2) is 0 Å². The Morgan fingerprint density at radius 1 is 1.50 bits per heavy atom. The molecule has 2 rings (SSSR count). The van der Waals surface area contributed by atoms with E-state index >= 15 is 0 Å². The van der Waals surface area contributed by atoms with Crippen LogP contribution in [0, 0.1) is 11.3 Å². The van der Waals surface area contributed by atoms with Gasteiger partial charge in [-0.15, -0.1) is 0 Å². The first kappa shape index (κ1) is 11.9. The third-order valence-corrected chi connectivity index (χ3v) is 4.39. The van der Waals surface area contributed by atoms with Crippen LogP contribution in [0.5, 0.6) is 0 Å². The number of likely N-dealkylation sites (tertiary alicyclic amines) is 1. The van der Waals surface area contributed by atoms with Crippen molar-refractivity contribution in [3.05, 3.63) is 0 Å². The van der Waals surface area contributed by atoms with Gasteiger partial charge in [0.2, 0.25) is 5.91 Å². The molecule has 1 amide bonds. The van der Waals surface area contributed by atoms with E-state index in [0.29, 0.717) is 12.5 Å². The Morgan fingerprint density at radius 2 is 2.25 bits per heavy atom. The Bertz CT molecular complexity index is 263. The summed E-state index contributed by atoms with van der Waals surface area (Å²) in [4.78, 5) is 14.0. The maximum absolute atomic E-state index is 12.0. The fourth-order valence-corrected chi connectivity index (χ4v) is 2.67. The lowest BCUT2D eigenvalue weighted by molar-refractivity contribution is -0.131. The zero-order valence-electron chi connectivity index (χ0n) is 10.4. The minimum Gasteiger partial charge on any atom is -0.342 e. The molecule has 3 heteroatoms. The third kappa shape index (κ3) is 2.57. The monoisotopic (exact) mass is 224 g/mol. The number of carbonyl (C=O) groups excluding carboxylic acids is 1. The summed E-state index contributed by atoms with van der Waals surface area (Å²) in [5.41, 5.74) is 5.92. The summed E-state index contributed by atoms with van der Waals surface area (Å²) in [6.07, 6.45) is 6.98. The quantitative estimate of drug-likeness (QED) is 0.791. The maximum atomic E-state index is 12.0. The smallest absolute Gasteiger partial charge is 0.222 e. The van der Waals surface area contributed by atoms with Crippen molar-refractivity contribution in [3.8, 4) is 0 Å². The zero-order valence-corrected chi connectivity index (χ0v) is 10.4. The fourth-order valence-electron chi connectivity index (χ4n) is 2.67. The molecule has 0 aromatic carbocycles. The Labute approximate surface area is 98.4 Å². The highest BCUT2D eigenvalue weighted by Crippen LogP contribution is 2.32. The Hall–Kier alpha value is -0.570. The van der Waals surface area contributed by atoms with E-state index in [9.17, 15) is 4.79 Å². The van der Waals surface area contributed by atoms with Gasteiger partial charge in [0.05, 0.1) is 0 Å². The van der Waals surface area contributed by atoms with Crippen LogP contribution in [0.2, 0.25) is 0 Å². The van der Waals surface area contributed by atoms with E-state index in [0.717, 1.165) is 38.3 Å². The lowest BCUT2D eigenvalue weighted by Gasteiger charge is -2.26. The number of amides is 1. The lowest BCUT2D eigenvalue weighted by Crippen LogP contribution is -2.34. The van der Waals surface area contributed by atoms with Gasteiger partial charge in [0.1, 0.15) is 0 Å². The first-order chi connectivity index (χ1) is 7.63. The van der Waals surface area contributed by atoms with Gasteiger partial charge in [-0.05, 0) is 30.7 Å². The van der Waals surface area contributed by atoms with E-state index in [4.69, 9.17) is 5.73 Å². The molecule has 2 aliphatic rings. The van der Waals surface area contributed by atoms with Crippen LogP contribution in [0.3, 0.4) is 0 Å². The van der Waals surface area contributed by atoms with Crippen molar-refractivity contribution < 1.29 is 4.79 Å². The molecule has 1 heterocycles. The van der Waals surface area contributed by atoms with E-state index in [1.165, 1.54) is 19.3 Å². The van der Waals surface area contributed by atoms with Crippen LogP contribution in [0.15, 0.2) is 0 Å². The SMILES string of the molecule is CC1(CN)CCN(C(=O)CCC2CCC2)C1. The second-order valence-electron chi connectivity index (χ2n) is 5.92. The summed E-state index contributed by atoms with van der Waals surface area (Å²) in [6, 6.07) is 0. The molecule has 1 saturated carbocycles. The normalized spacial score (nSPS) is 30.5. The zero-order chi connectivity index (χ0) is 11.6. The van der Waals surface area contributed by atoms with Crippen molar-refractivity contribution in [2.45, 2.75) is 45.4 Å². The molecule has 2 fully saturated rings. The Morgan fingerprint density at radius 3 is 2.75 bits per heavy atom. The van der Waals surface area contributed by atoms with E-state index in [1.54, 1.807) is 0 Å². The average molecular weight is 224 g/mol. The van der Waals surface area contributed by atoms with Crippen molar-refractivity contribution in [2.24, 2.45) is 17.1 Å². The average Bonchev–Trinajstić information content (AvgIpc) is 2.59. The summed E-state index contributed by atoms with van der Waals surface area (Å²) in [5, 5.41) is 0. The third-order valence-electron chi connectivity index (χ3n) is 4.39. The highest BCUT2D eigenvalue weighted by atomic mass is 16.2. The van der Waals surface area contributed by atoms with Crippen LogP contribution in [-0.2, 0) is 4.79 Å². The molecule has 0 radical (unpaired) electrons. The van der Waals surface area contributed by atoms with Crippen molar-refractivity contribution in [1.29, 1.82) is 0 Å². The second-order valence-corrected chi connectivity index (χ2v) is 5.92. The molecule has 92 valence electrons.